The molecule has 1 amide bonds. The van der Waals surface area contributed by atoms with E-state index in [1.54, 1.807) is 6.08 Å². The largest absolute Gasteiger partial charge is 0.350 e. The van der Waals surface area contributed by atoms with Crippen LogP contribution in [0.15, 0.2) is 47.9 Å². The van der Waals surface area contributed by atoms with Gasteiger partial charge in [0, 0.05) is 11.4 Å². The lowest BCUT2D eigenvalue weighted by Gasteiger charge is -2.22. The number of carbonyl (C=O) groups excluding carboxylic acids is 1. The van der Waals surface area contributed by atoms with Crippen LogP contribution in [0.4, 0.5) is 0 Å². The van der Waals surface area contributed by atoms with Crippen molar-refractivity contribution in [2.45, 2.75) is 9.10 Å². The van der Waals surface area contributed by atoms with Gasteiger partial charge in [0.1, 0.15) is 0 Å². The first-order valence-corrected chi connectivity index (χ1v) is 6.73. The van der Waals surface area contributed by atoms with Gasteiger partial charge in [-0.15, -0.1) is 18.2 Å². The highest BCUT2D eigenvalue weighted by atomic mass is 35.5. The average Bonchev–Trinajstić information content (AvgIpc) is 2.36. The number of nitrogens with one attached hydrogen (secondary N) is 1. The molecule has 0 saturated carbocycles. The predicted molar refractivity (Wildman–Crippen MR) is 74.8 cm³/mol. The summed E-state index contributed by atoms with van der Waals surface area (Å²) >= 11 is 13.3. The van der Waals surface area contributed by atoms with Crippen molar-refractivity contribution in [1.82, 2.24) is 5.32 Å². The van der Waals surface area contributed by atoms with Gasteiger partial charge >= 0.3 is 0 Å². The van der Waals surface area contributed by atoms with Crippen molar-refractivity contribution in [3.05, 3.63) is 43.0 Å². The second kappa shape index (κ2) is 6.94. The Bertz CT molecular complexity index is 385. The summed E-state index contributed by atoms with van der Waals surface area (Å²) in [7, 11) is 0. The molecule has 17 heavy (non-hydrogen) atoms. The lowest BCUT2D eigenvalue weighted by Crippen LogP contribution is -2.41. The molecule has 1 aromatic rings. The van der Waals surface area contributed by atoms with Crippen LogP contribution in [-0.4, -0.2) is 22.5 Å². The average molecular weight is 290 g/mol. The van der Waals surface area contributed by atoms with Gasteiger partial charge in [0.25, 0.3) is 5.91 Å². The fourth-order valence-corrected chi connectivity index (χ4v) is 2.61. The molecule has 0 aliphatic heterocycles. The second-order valence-electron chi connectivity index (χ2n) is 3.28. The van der Waals surface area contributed by atoms with Crippen molar-refractivity contribution in [2.24, 2.45) is 0 Å². The fourth-order valence-electron chi connectivity index (χ4n) is 1.11. The number of benzene rings is 1. The van der Waals surface area contributed by atoms with Gasteiger partial charge in [-0.1, -0.05) is 47.6 Å². The standard InChI is InChI=1S/C12H13Cl2NOS/c1-2-8-15-11(16)12(14,9-13)17-10-6-4-3-5-7-10/h2-7H,1,8-9H2,(H,15,16). The van der Waals surface area contributed by atoms with Gasteiger partial charge in [0.15, 0.2) is 4.21 Å². The topological polar surface area (TPSA) is 29.1 Å². The normalized spacial score (nSPS) is 13.8. The Balaban J connectivity index is 2.74. The van der Waals surface area contributed by atoms with Crippen molar-refractivity contribution in [2.75, 3.05) is 12.4 Å². The third-order valence-electron chi connectivity index (χ3n) is 1.94. The first-order valence-electron chi connectivity index (χ1n) is 5.00. The molecule has 1 unspecified atom stereocenters. The molecule has 0 aliphatic rings. The highest BCUT2D eigenvalue weighted by Crippen LogP contribution is 2.37. The minimum atomic E-state index is -1.19. The third-order valence-corrected chi connectivity index (χ3v) is 4.33. The number of hydrogen-bond acceptors (Lipinski definition) is 2. The predicted octanol–water partition coefficient (Wildman–Crippen LogP) is 3.25. The van der Waals surface area contributed by atoms with Gasteiger partial charge in [-0.3, -0.25) is 4.79 Å². The van der Waals surface area contributed by atoms with Crippen molar-refractivity contribution < 1.29 is 4.79 Å². The van der Waals surface area contributed by atoms with Crippen LogP contribution in [0.25, 0.3) is 0 Å². The third kappa shape index (κ3) is 4.26. The number of hydrogen-bond donors (Lipinski definition) is 1. The number of rotatable bonds is 6. The molecule has 1 rings (SSSR count). The van der Waals surface area contributed by atoms with Gasteiger partial charge in [0.2, 0.25) is 0 Å². The highest BCUT2D eigenvalue weighted by Gasteiger charge is 2.36. The highest BCUT2D eigenvalue weighted by molar-refractivity contribution is 8.02. The minimum Gasteiger partial charge on any atom is -0.350 e. The Morgan fingerprint density at radius 2 is 2.12 bits per heavy atom. The van der Waals surface area contributed by atoms with Crippen LogP contribution in [-0.2, 0) is 4.79 Å². The molecule has 2 nitrogen and oxygen atoms in total. The van der Waals surface area contributed by atoms with E-state index in [1.807, 2.05) is 30.3 Å². The summed E-state index contributed by atoms with van der Waals surface area (Å²) in [5, 5.41) is 2.65. The SMILES string of the molecule is C=CCNC(=O)C(Cl)(CCl)Sc1ccccc1. The summed E-state index contributed by atoms with van der Waals surface area (Å²) in [6.07, 6.45) is 1.59. The van der Waals surface area contributed by atoms with E-state index in [1.165, 1.54) is 11.8 Å². The summed E-state index contributed by atoms with van der Waals surface area (Å²) < 4.78 is -1.19. The Morgan fingerprint density at radius 3 is 2.65 bits per heavy atom. The molecule has 5 heteroatoms. The Morgan fingerprint density at radius 1 is 1.47 bits per heavy atom. The van der Waals surface area contributed by atoms with Crippen molar-refractivity contribution in [3.8, 4) is 0 Å². The monoisotopic (exact) mass is 289 g/mol. The van der Waals surface area contributed by atoms with E-state index in [9.17, 15) is 4.79 Å². The van der Waals surface area contributed by atoms with Gasteiger partial charge < -0.3 is 5.32 Å². The summed E-state index contributed by atoms with van der Waals surface area (Å²) in [5.74, 6) is -0.278. The molecule has 0 radical (unpaired) electrons. The zero-order valence-corrected chi connectivity index (χ0v) is 11.5. The molecular weight excluding hydrogens is 277 g/mol. The van der Waals surface area contributed by atoms with Crippen LogP contribution in [0, 0.1) is 0 Å². The number of amides is 1. The smallest absolute Gasteiger partial charge is 0.253 e. The van der Waals surface area contributed by atoms with E-state index in [4.69, 9.17) is 23.2 Å². The number of halogens is 2. The molecule has 0 aromatic heterocycles. The van der Waals surface area contributed by atoms with Crippen LogP contribution in [0.3, 0.4) is 0 Å². The Kier molecular flexibility index (Phi) is 5.89. The second-order valence-corrected chi connectivity index (χ2v) is 5.78. The first-order chi connectivity index (χ1) is 8.12. The molecular formula is C12H13Cl2NOS. The quantitative estimate of drug-likeness (QED) is 0.495. The lowest BCUT2D eigenvalue weighted by atomic mass is 10.4. The number of carbonyl (C=O) groups is 1. The van der Waals surface area contributed by atoms with Crippen molar-refractivity contribution in [1.29, 1.82) is 0 Å². The minimum absolute atomic E-state index is 0.0249. The summed E-state index contributed by atoms with van der Waals surface area (Å²) in [5.41, 5.74) is 0. The fraction of sp³-hybridized carbons (Fsp3) is 0.250. The maximum Gasteiger partial charge on any atom is 0.253 e. The maximum atomic E-state index is 11.9. The first kappa shape index (κ1) is 14.4. The summed E-state index contributed by atoms with van der Waals surface area (Å²) in [6, 6.07) is 9.44. The zero-order chi connectivity index (χ0) is 12.7. The lowest BCUT2D eigenvalue weighted by molar-refractivity contribution is -0.120. The van der Waals surface area contributed by atoms with Crippen molar-refractivity contribution in [3.63, 3.8) is 0 Å². The molecule has 0 heterocycles. The van der Waals surface area contributed by atoms with Gasteiger partial charge in [-0.2, -0.15) is 0 Å². The number of alkyl halides is 2. The van der Waals surface area contributed by atoms with Crippen LogP contribution >= 0.6 is 35.0 Å². The zero-order valence-electron chi connectivity index (χ0n) is 9.16. The van der Waals surface area contributed by atoms with E-state index < -0.39 is 4.21 Å². The Hall–Kier alpha value is -0.640. The van der Waals surface area contributed by atoms with Crippen LogP contribution in [0.2, 0.25) is 0 Å². The Labute approximate surface area is 115 Å². The molecule has 0 spiro atoms. The van der Waals surface area contributed by atoms with Crippen LogP contribution in [0.5, 0.6) is 0 Å². The molecule has 0 aliphatic carbocycles. The van der Waals surface area contributed by atoms with E-state index in [2.05, 4.69) is 11.9 Å². The van der Waals surface area contributed by atoms with Crippen LogP contribution < -0.4 is 5.32 Å². The van der Waals surface area contributed by atoms with Gasteiger partial charge in [0.05, 0.1) is 5.88 Å². The maximum absolute atomic E-state index is 11.9. The summed E-state index contributed by atoms with van der Waals surface area (Å²) in [6.45, 7) is 3.90. The number of thioether (sulfide) groups is 1. The summed E-state index contributed by atoms with van der Waals surface area (Å²) in [4.78, 5) is 12.8. The van der Waals surface area contributed by atoms with E-state index >= 15 is 0 Å². The van der Waals surface area contributed by atoms with E-state index in [0.29, 0.717) is 6.54 Å². The van der Waals surface area contributed by atoms with Crippen LogP contribution in [0.1, 0.15) is 0 Å². The molecule has 1 N–H and O–H groups in total. The molecule has 0 fully saturated rings. The molecule has 1 aromatic carbocycles. The van der Waals surface area contributed by atoms with E-state index in [-0.39, 0.29) is 11.8 Å². The molecule has 92 valence electrons. The van der Waals surface area contributed by atoms with Crippen molar-refractivity contribution >= 4 is 40.9 Å². The van der Waals surface area contributed by atoms with Gasteiger partial charge in [-0.05, 0) is 12.1 Å². The van der Waals surface area contributed by atoms with Gasteiger partial charge in [-0.25, -0.2) is 0 Å². The molecule has 0 bridgehead atoms. The molecule has 1 atom stereocenters. The van der Waals surface area contributed by atoms with E-state index in [0.717, 1.165) is 4.90 Å². The molecule has 0 saturated heterocycles.